The molecule has 0 spiro atoms. The first-order chi connectivity index (χ1) is 11.1. The highest BCUT2D eigenvalue weighted by atomic mass is 16.5. The monoisotopic (exact) mass is 311 g/mol. The van der Waals surface area contributed by atoms with E-state index in [0.717, 1.165) is 5.75 Å². The number of aromatic nitrogens is 2. The predicted molar refractivity (Wildman–Crippen MR) is 85.4 cm³/mol. The number of nitrogens with zero attached hydrogens (tertiary/aromatic N) is 2. The molecule has 6 heteroatoms. The molecule has 3 aromatic rings. The Balaban J connectivity index is 1.59. The smallest absolute Gasteiger partial charge is 0.291 e. The van der Waals surface area contributed by atoms with Crippen LogP contribution in [0.4, 0.5) is 5.69 Å². The van der Waals surface area contributed by atoms with E-state index in [2.05, 4.69) is 10.4 Å². The van der Waals surface area contributed by atoms with Crippen molar-refractivity contribution >= 4 is 11.6 Å². The van der Waals surface area contributed by atoms with E-state index in [1.165, 1.54) is 5.56 Å². The van der Waals surface area contributed by atoms with Gasteiger partial charge in [-0.3, -0.25) is 9.48 Å². The second kappa shape index (κ2) is 6.39. The van der Waals surface area contributed by atoms with Gasteiger partial charge in [0, 0.05) is 13.2 Å². The predicted octanol–water partition coefficient (Wildman–Crippen LogP) is 3.15. The first kappa shape index (κ1) is 14.9. The largest absolute Gasteiger partial charge is 0.486 e. The molecule has 0 fully saturated rings. The van der Waals surface area contributed by atoms with Gasteiger partial charge >= 0.3 is 0 Å². The lowest BCUT2D eigenvalue weighted by molar-refractivity contribution is 0.0992. The van der Waals surface area contributed by atoms with Crippen molar-refractivity contribution in [2.75, 3.05) is 5.32 Å². The second-order valence-electron chi connectivity index (χ2n) is 5.22. The Morgan fingerprint density at radius 2 is 2.04 bits per heavy atom. The Labute approximate surface area is 133 Å². The van der Waals surface area contributed by atoms with Gasteiger partial charge in [0.2, 0.25) is 0 Å². The summed E-state index contributed by atoms with van der Waals surface area (Å²) >= 11 is 0. The number of benzene rings is 1. The van der Waals surface area contributed by atoms with E-state index in [1.807, 2.05) is 31.2 Å². The Morgan fingerprint density at radius 3 is 2.74 bits per heavy atom. The van der Waals surface area contributed by atoms with Crippen molar-refractivity contribution in [3.63, 3.8) is 0 Å². The van der Waals surface area contributed by atoms with Crippen molar-refractivity contribution in [1.29, 1.82) is 0 Å². The van der Waals surface area contributed by atoms with E-state index in [-0.39, 0.29) is 18.3 Å². The fourth-order valence-electron chi connectivity index (χ4n) is 2.04. The minimum absolute atomic E-state index is 0.233. The fraction of sp³-hybridized carbons (Fsp3) is 0.176. The second-order valence-corrected chi connectivity index (χ2v) is 5.22. The summed E-state index contributed by atoms with van der Waals surface area (Å²) in [5.74, 6) is 1.26. The average Bonchev–Trinajstić information content (AvgIpc) is 3.16. The summed E-state index contributed by atoms with van der Waals surface area (Å²) in [6.07, 6.45) is 3.28. The molecule has 23 heavy (non-hydrogen) atoms. The number of aryl methyl sites for hydroxylation is 2. The van der Waals surface area contributed by atoms with Gasteiger partial charge in [0.05, 0.1) is 11.9 Å². The van der Waals surface area contributed by atoms with E-state index >= 15 is 0 Å². The highest BCUT2D eigenvalue weighted by Crippen LogP contribution is 2.16. The molecule has 0 atom stereocenters. The molecule has 0 aliphatic heterocycles. The van der Waals surface area contributed by atoms with Gasteiger partial charge in [-0.25, -0.2) is 0 Å². The molecular weight excluding hydrogens is 294 g/mol. The van der Waals surface area contributed by atoms with Gasteiger partial charge in [-0.1, -0.05) is 17.7 Å². The van der Waals surface area contributed by atoms with Crippen molar-refractivity contribution in [2.24, 2.45) is 7.05 Å². The number of ether oxygens (including phenoxy) is 1. The third-order valence-corrected chi connectivity index (χ3v) is 3.25. The number of rotatable bonds is 5. The maximum Gasteiger partial charge on any atom is 0.291 e. The van der Waals surface area contributed by atoms with Gasteiger partial charge in [0.1, 0.15) is 18.1 Å². The molecule has 0 aliphatic rings. The fourth-order valence-corrected chi connectivity index (χ4v) is 2.04. The average molecular weight is 311 g/mol. The minimum Gasteiger partial charge on any atom is -0.486 e. The number of hydrogen-bond donors (Lipinski definition) is 1. The number of furan rings is 1. The Kier molecular flexibility index (Phi) is 4.14. The van der Waals surface area contributed by atoms with Crippen LogP contribution in [0.3, 0.4) is 0 Å². The van der Waals surface area contributed by atoms with Gasteiger partial charge in [0.15, 0.2) is 5.76 Å². The SMILES string of the molecule is Cc1ccc(OCc2ccc(C(=O)Nc3cnn(C)c3)o2)cc1. The van der Waals surface area contributed by atoms with Crippen LogP contribution in [0.1, 0.15) is 21.9 Å². The van der Waals surface area contributed by atoms with Gasteiger partial charge in [-0.05, 0) is 31.2 Å². The molecule has 3 rings (SSSR count). The lowest BCUT2D eigenvalue weighted by Crippen LogP contribution is -2.10. The zero-order valence-electron chi connectivity index (χ0n) is 12.9. The molecule has 0 saturated heterocycles. The van der Waals surface area contributed by atoms with Crippen LogP contribution < -0.4 is 10.1 Å². The quantitative estimate of drug-likeness (QED) is 0.786. The lowest BCUT2D eigenvalue weighted by Gasteiger charge is -2.04. The van der Waals surface area contributed by atoms with Crippen LogP contribution >= 0.6 is 0 Å². The first-order valence-electron chi connectivity index (χ1n) is 7.18. The zero-order chi connectivity index (χ0) is 16.2. The molecule has 0 saturated carbocycles. The normalized spacial score (nSPS) is 10.5. The summed E-state index contributed by atoms with van der Waals surface area (Å²) in [6.45, 7) is 2.28. The van der Waals surface area contributed by atoms with Crippen molar-refractivity contribution < 1.29 is 13.9 Å². The van der Waals surface area contributed by atoms with Crippen molar-refractivity contribution in [2.45, 2.75) is 13.5 Å². The maximum absolute atomic E-state index is 12.1. The number of hydrogen-bond acceptors (Lipinski definition) is 4. The van der Waals surface area contributed by atoms with Crippen LogP contribution in [-0.2, 0) is 13.7 Å². The van der Waals surface area contributed by atoms with E-state index < -0.39 is 0 Å². The molecule has 0 bridgehead atoms. The summed E-state index contributed by atoms with van der Waals surface area (Å²) in [5.41, 5.74) is 1.79. The lowest BCUT2D eigenvalue weighted by atomic mass is 10.2. The third kappa shape index (κ3) is 3.79. The Hall–Kier alpha value is -3.02. The topological polar surface area (TPSA) is 69.3 Å². The van der Waals surface area contributed by atoms with Gasteiger partial charge < -0.3 is 14.5 Å². The van der Waals surface area contributed by atoms with Gasteiger partial charge in [-0.15, -0.1) is 0 Å². The van der Waals surface area contributed by atoms with E-state index in [4.69, 9.17) is 9.15 Å². The van der Waals surface area contributed by atoms with Crippen LogP contribution in [0.2, 0.25) is 0 Å². The van der Waals surface area contributed by atoms with E-state index in [1.54, 1.807) is 36.3 Å². The Morgan fingerprint density at radius 1 is 1.26 bits per heavy atom. The van der Waals surface area contributed by atoms with Crippen molar-refractivity contribution in [3.05, 3.63) is 65.9 Å². The van der Waals surface area contributed by atoms with Crippen LogP contribution in [0.5, 0.6) is 5.75 Å². The first-order valence-corrected chi connectivity index (χ1v) is 7.18. The molecule has 118 valence electrons. The molecule has 0 aliphatic carbocycles. The number of carbonyl (C=O) groups is 1. The molecule has 0 unspecified atom stereocenters. The molecular formula is C17H17N3O3. The van der Waals surface area contributed by atoms with Crippen molar-refractivity contribution in [3.8, 4) is 5.75 Å². The van der Waals surface area contributed by atoms with Crippen molar-refractivity contribution in [1.82, 2.24) is 9.78 Å². The Bertz CT molecular complexity index is 803. The highest BCUT2D eigenvalue weighted by Gasteiger charge is 2.12. The zero-order valence-corrected chi connectivity index (χ0v) is 12.9. The number of carbonyl (C=O) groups excluding carboxylic acids is 1. The number of nitrogens with one attached hydrogen (secondary N) is 1. The van der Waals surface area contributed by atoms with Crippen LogP contribution in [0.15, 0.2) is 53.2 Å². The van der Waals surface area contributed by atoms with E-state index in [0.29, 0.717) is 11.4 Å². The summed E-state index contributed by atoms with van der Waals surface area (Å²) in [6, 6.07) is 11.1. The highest BCUT2D eigenvalue weighted by molar-refractivity contribution is 6.02. The standard InChI is InChI=1S/C17H17N3O3/c1-12-3-5-14(6-4-12)22-11-15-7-8-16(23-15)17(21)19-13-9-18-20(2)10-13/h3-10H,11H2,1-2H3,(H,19,21). The van der Waals surface area contributed by atoms with Gasteiger partial charge in [-0.2, -0.15) is 5.10 Å². The molecule has 6 nitrogen and oxygen atoms in total. The maximum atomic E-state index is 12.1. The van der Waals surface area contributed by atoms with Gasteiger partial charge in [0.25, 0.3) is 5.91 Å². The van der Waals surface area contributed by atoms with E-state index in [9.17, 15) is 4.79 Å². The molecule has 1 aromatic carbocycles. The molecule has 0 radical (unpaired) electrons. The summed E-state index contributed by atoms with van der Waals surface area (Å²) in [7, 11) is 1.78. The number of anilines is 1. The third-order valence-electron chi connectivity index (χ3n) is 3.25. The summed E-state index contributed by atoms with van der Waals surface area (Å²) in [4.78, 5) is 12.1. The molecule has 1 amide bonds. The minimum atomic E-state index is -0.320. The van der Waals surface area contributed by atoms with Crippen LogP contribution in [-0.4, -0.2) is 15.7 Å². The summed E-state index contributed by atoms with van der Waals surface area (Å²) < 4.78 is 12.7. The van der Waals surface area contributed by atoms with Crippen LogP contribution in [0, 0.1) is 6.92 Å². The summed E-state index contributed by atoms with van der Waals surface area (Å²) in [5, 5.41) is 6.70. The molecule has 2 heterocycles. The molecule has 1 N–H and O–H groups in total. The van der Waals surface area contributed by atoms with Crippen LogP contribution in [0.25, 0.3) is 0 Å². The molecule has 2 aromatic heterocycles. The number of amides is 1.